The highest BCUT2D eigenvalue weighted by Gasteiger charge is 2.27. The Morgan fingerprint density at radius 1 is 1.29 bits per heavy atom. The summed E-state index contributed by atoms with van der Waals surface area (Å²) in [7, 11) is 0. The van der Waals surface area contributed by atoms with Crippen LogP contribution in [0.2, 0.25) is 0 Å². The van der Waals surface area contributed by atoms with Crippen molar-refractivity contribution in [3.8, 4) is 0 Å². The quantitative estimate of drug-likeness (QED) is 0.937. The molecular formula is C18H21F2N3O. The third kappa shape index (κ3) is 3.18. The average Bonchev–Trinajstić information content (AvgIpc) is 2.89. The molecule has 3 rings (SSSR count). The molecule has 1 fully saturated rings. The fourth-order valence-corrected chi connectivity index (χ4v) is 3.37. The summed E-state index contributed by atoms with van der Waals surface area (Å²) in [4.78, 5) is 14.3. The van der Waals surface area contributed by atoms with E-state index in [0.717, 1.165) is 23.0 Å². The number of benzene rings is 1. The van der Waals surface area contributed by atoms with Crippen molar-refractivity contribution in [3.63, 3.8) is 0 Å². The van der Waals surface area contributed by atoms with Gasteiger partial charge in [-0.15, -0.1) is 0 Å². The summed E-state index contributed by atoms with van der Waals surface area (Å²) < 4.78 is 27.3. The van der Waals surface area contributed by atoms with E-state index in [1.165, 1.54) is 6.07 Å². The van der Waals surface area contributed by atoms with Gasteiger partial charge in [-0.25, -0.2) is 8.78 Å². The molecule has 128 valence electrons. The Balaban J connectivity index is 1.63. The van der Waals surface area contributed by atoms with Gasteiger partial charge in [0, 0.05) is 24.3 Å². The van der Waals surface area contributed by atoms with E-state index in [9.17, 15) is 13.6 Å². The van der Waals surface area contributed by atoms with Crippen LogP contribution in [0.15, 0.2) is 18.2 Å². The molecule has 0 aliphatic carbocycles. The van der Waals surface area contributed by atoms with E-state index in [1.807, 2.05) is 13.8 Å². The Morgan fingerprint density at radius 3 is 2.62 bits per heavy atom. The van der Waals surface area contributed by atoms with Crippen LogP contribution < -0.4 is 0 Å². The monoisotopic (exact) mass is 333 g/mol. The zero-order chi connectivity index (χ0) is 17.3. The van der Waals surface area contributed by atoms with Crippen LogP contribution >= 0.6 is 0 Å². The third-order valence-electron chi connectivity index (χ3n) is 4.88. The lowest BCUT2D eigenvalue weighted by Gasteiger charge is -2.32. The normalized spacial score (nSPS) is 15.8. The summed E-state index contributed by atoms with van der Waals surface area (Å²) in [6.07, 6.45) is 1.62. The number of aromatic nitrogens is 2. The summed E-state index contributed by atoms with van der Waals surface area (Å²) >= 11 is 0. The number of carbonyl (C=O) groups excluding carboxylic acids is 1. The topological polar surface area (TPSA) is 49.0 Å². The van der Waals surface area contributed by atoms with Crippen molar-refractivity contribution in [1.29, 1.82) is 0 Å². The first-order chi connectivity index (χ1) is 11.5. The number of piperidine rings is 1. The summed E-state index contributed by atoms with van der Waals surface area (Å²) in [6.45, 7) is 4.91. The van der Waals surface area contributed by atoms with Crippen molar-refractivity contribution in [2.75, 3.05) is 13.1 Å². The molecule has 1 aliphatic rings. The largest absolute Gasteiger partial charge is 0.342 e. The van der Waals surface area contributed by atoms with Gasteiger partial charge in [-0.3, -0.25) is 9.89 Å². The third-order valence-corrected chi connectivity index (χ3v) is 4.88. The summed E-state index contributed by atoms with van der Waals surface area (Å²) in [5.41, 5.74) is 3.12. The van der Waals surface area contributed by atoms with Gasteiger partial charge in [0.2, 0.25) is 5.91 Å². The van der Waals surface area contributed by atoms with E-state index in [2.05, 4.69) is 10.2 Å². The number of hydrogen-bond donors (Lipinski definition) is 1. The highest BCUT2D eigenvalue weighted by Crippen LogP contribution is 2.31. The molecule has 24 heavy (non-hydrogen) atoms. The number of halogens is 2. The van der Waals surface area contributed by atoms with E-state index in [1.54, 1.807) is 11.0 Å². The number of aromatic amines is 1. The lowest BCUT2D eigenvalue weighted by molar-refractivity contribution is -0.131. The molecule has 1 amide bonds. The van der Waals surface area contributed by atoms with E-state index in [4.69, 9.17) is 0 Å². The van der Waals surface area contributed by atoms with Crippen LogP contribution in [0.4, 0.5) is 8.78 Å². The predicted molar refractivity (Wildman–Crippen MR) is 86.7 cm³/mol. The molecule has 1 saturated heterocycles. The molecule has 0 saturated carbocycles. The first kappa shape index (κ1) is 16.6. The zero-order valence-electron chi connectivity index (χ0n) is 13.9. The minimum absolute atomic E-state index is 0.0397. The maximum absolute atomic E-state index is 13.9. The van der Waals surface area contributed by atoms with Crippen molar-refractivity contribution in [2.45, 2.75) is 39.0 Å². The van der Waals surface area contributed by atoms with Gasteiger partial charge in [-0.1, -0.05) is 12.1 Å². The molecule has 1 aliphatic heterocycles. The molecule has 0 spiro atoms. The number of likely N-dealkylation sites (tertiary alicyclic amines) is 1. The smallest absolute Gasteiger partial charge is 0.227 e. The minimum atomic E-state index is -0.808. The number of hydrogen-bond acceptors (Lipinski definition) is 2. The standard InChI is InChI=1S/C18H21F2N3O/c1-11-15(12(2)22-21-11)10-17(24)23-8-6-13(7-9-23)14-4-3-5-16(19)18(14)20/h3-5,13H,6-10H2,1-2H3,(H,21,22). The van der Waals surface area contributed by atoms with Crippen molar-refractivity contribution in [3.05, 3.63) is 52.3 Å². The van der Waals surface area contributed by atoms with Crippen molar-refractivity contribution >= 4 is 5.91 Å². The molecule has 2 heterocycles. The van der Waals surface area contributed by atoms with Gasteiger partial charge in [0.1, 0.15) is 0 Å². The van der Waals surface area contributed by atoms with Gasteiger partial charge < -0.3 is 4.90 Å². The second-order valence-corrected chi connectivity index (χ2v) is 6.39. The molecular weight excluding hydrogens is 312 g/mol. The molecule has 4 nitrogen and oxygen atoms in total. The fourth-order valence-electron chi connectivity index (χ4n) is 3.37. The molecule has 2 aromatic rings. The van der Waals surface area contributed by atoms with Crippen LogP contribution in [0, 0.1) is 25.5 Å². The van der Waals surface area contributed by atoms with Crippen molar-refractivity contribution in [1.82, 2.24) is 15.1 Å². The zero-order valence-corrected chi connectivity index (χ0v) is 13.9. The Hall–Kier alpha value is -2.24. The van der Waals surface area contributed by atoms with Crippen LogP contribution in [0.25, 0.3) is 0 Å². The number of H-pyrrole nitrogens is 1. The lowest BCUT2D eigenvalue weighted by atomic mass is 9.88. The van der Waals surface area contributed by atoms with Crippen LogP contribution in [0.5, 0.6) is 0 Å². The molecule has 0 atom stereocenters. The molecule has 1 N–H and O–H groups in total. The maximum atomic E-state index is 13.9. The minimum Gasteiger partial charge on any atom is -0.342 e. The van der Waals surface area contributed by atoms with Gasteiger partial charge in [0.15, 0.2) is 11.6 Å². The first-order valence-electron chi connectivity index (χ1n) is 8.19. The number of nitrogens with zero attached hydrogens (tertiary/aromatic N) is 2. The Morgan fingerprint density at radius 2 is 2.00 bits per heavy atom. The highest BCUT2D eigenvalue weighted by molar-refractivity contribution is 5.79. The van der Waals surface area contributed by atoms with Crippen LogP contribution in [0.1, 0.15) is 41.3 Å². The van der Waals surface area contributed by atoms with Crippen LogP contribution in [-0.4, -0.2) is 34.1 Å². The van der Waals surface area contributed by atoms with E-state index in [0.29, 0.717) is 37.9 Å². The molecule has 0 bridgehead atoms. The van der Waals surface area contributed by atoms with Crippen molar-refractivity contribution < 1.29 is 13.6 Å². The molecule has 1 aromatic carbocycles. The Labute approximate surface area is 139 Å². The van der Waals surface area contributed by atoms with Crippen LogP contribution in [0.3, 0.4) is 0 Å². The maximum Gasteiger partial charge on any atom is 0.227 e. The number of rotatable bonds is 3. The number of aryl methyl sites for hydroxylation is 2. The second kappa shape index (κ2) is 6.71. The summed E-state index contributed by atoms with van der Waals surface area (Å²) in [5.74, 6) is -1.55. The molecule has 0 radical (unpaired) electrons. The lowest BCUT2D eigenvalue weighted by Crippen LogP contribution is -2.39. The van der Waals surface area contributed by atoms with Gasteiger partial charge in [-0.2, -0.15) is 5.10 Å². The fraction of sp³-hybridized carbons (Fsp3) is 0.444. The van der Waals surface area contributed by atoms with Gasteiger partial charge >= 0.3 is 0 Å². The van der Waals surface area contributed by atoms with Crippen molar-refractivity contribution in [2.24, 2.45) is 0 Å². The highest BCUT2D eigenvalue weighted by atomic mass is 19.2. The van der Waals surface area contributed by atoms with Gasteiger partial charge in [-0.05, 0) is 44.2 Å². The van der Waals surface area contributed by atoms with Gasteiger partial charge in [0.25, 0.3) is 0 Å². The SMILES string of the molecule is Cc1n[nH]c(C)c1CC(=O)N1CCC(c2cccc(F)c2F)CC1. The summed E-state index contributed by atoms with van der Waals surface area (Å²) in [6, 6.07) is 4.31. The predicted octanol–water partition coefficient (Wildman–Crippen LogP) is 3.25. The van der Waals surface area contributed by atoms with E-state index >= 15 is 0 Å². The summed E-state index contributed by atoms with van der Waals surface area (Å²) in [5, 5.41) is 7.00. The Kier molecular flexibility index (Phi) is 4.64. The van der Waals surface area contributed by atoms with E-state index < -0.39 is 11.6 Å². The average molecular weight is 333 g/mol. The number of amides is 1. The van der Waals surface area contributed by atoms with E-state index in [-0.39, 0.29) is 11.8 Å². The van der Waals surface area contributed by atoms with Crippen LogP contribution in [-0.2, 0) is 11.2 Å². The Bertz CT molecular complexity index is 729. The molecule has 0 unspecified atom stereocenters. The number of nitrogens with one attached hydrogen (secondary N) is 1. The molecule has 1 aromatic heterocycles. The van der Waals surface area contributed by atoms with Gasteiger partial charge in [0.05, 0.1) is 12.1 Å². The number of carbonyl (C=O) groups is 1. The second-order valence-electron chi connectivity index (χ2n) is 6.39. The molecule has 6 heteroatoms. The first-order valence-corrected chi connectivity index (χ1v) is 8.19.